The minimum atomic E-state index is -5.71. The van der Waals surface area contributed by atoms with Crippen LogP contribution in [0.5, 0.6) is 0 Å². The summed E-state index contributed by atoms with van der Waals surface area (Å²) in [4.78, 5) is 61.5. The summed E-state index contributed by atoms with van der Waals surface area (Å²) in [5.74, 6) is 7.22. The van der Waals surface area contributed by atoms with Crippen LogP contribution in [0, 0.1) is 24.2 Å². The minimum Gasteiger partial charge on any atom is -0.390 e. The number of aliphatic hydroxyl groups is 1. The van der Waals surface area contributed by atoms with Crippen LogP contribution in [0.4, 0.5) is 0 Å². The highest BCUT2D eigenvalue weighted by Crippen LogP contribution is 2.66. The zero-order chi connectivity index (χ0) is 25.0. The van der Waals surface area contributed by atoms with Crippen molar-refractivity contribution in [3.63, 3.8) is 0 Å². The van der Waals surface area contributed by atoms with E-state index in [1.165, 1.54) is 0 Å². The fourth-order valence-electron chi connectivity index (χ4n) is 2.49. The average Bonchev–Trinajstić information content (AvgIpc) is 2.99. The van der Waals surface area contributed by atoms with E-state index >= 15 is 0 Å². The molecule has 33 heavy (non-hydrogen) atoms. The second kappa shape index (κ2) is 10.6. The van der Waals surface area contributed by atoms with Gasteiger partial charge in [-0.05, 0) is 0 Å². The lowest BCUT2D eigenvalue weighted by Gasteiger charge is -2.19. The third-order valence-corrected chi connectivity index (χ3v) is 7.52. The van der Waals surface area contributed by atoms with Crippen molar-refractivity contribution in [2.45, 2.75) is 31.3 Å². The molecule has 1 saturated heterocycles. The van der Waals surface area contributed by atoms with Crippen molar-refractivity contribution < 1.29 is 56.3 Å². The van der Waals surface area contributed by atoms with E-state index in [2.05, 4.69) is 30.9 Å². The van der Waals surface area contributed by atoms with Crippen LogP contribution in [-0.4, -0.2) is 53.0 Å². The van der Waals surface area contributed by atoms with Crippen molar-refractivity contribution >= 4 is 23.5 Å². The topological polar surface area (TPSA) is 244 Å². The highest BCUT2D eigenvalue weighted by atomic mass is 31.3. The third-order valence-electron chi connectivity index (χ3n) is 3.71. The molecule has 182 valence electrons. The highest BCUT2D eigenvalue weighted by molar-refractivity contribution is 7.66. The van der Waals surface area contributed by atoms with Gasteiger partial charge in [-0.15, -0.1) is 6.42 Å². The number of phosphoric acid groups is 3. The molecule has 1 aromatic rings. The van der Waals surface area contributed by atoms with Gasteiger partial charge in [0.15, 0.2) is 0 Å². The normalized spacial score (nSPS) is 24.2. The molecule has 5 atom stereocenters. The Balaban J connectivity index is 2.10. The largest absolute Gasteiger partial charge is 0.490 e. The van der Waals surface area contributed by atoms with Crippen molar-refractivity contribution in [3.05, 3.63) is 32.6 Å². The number of aromatic nitrogens is 2. The van der Waals surface area contributed by atoms with Gasteiger partial charge in [-0.25, -0.2) is 18.5 Å². The molecule has 0 spiro atoms. The maximum atomic E-state index is 12.1. The SMILES string of the molecule is C#CCC#Cc1cn([C@H]2CC(O)[C@@H](COP(=O)(O)OP(=O)(O)OP(=O)(O)O)O2)c(=O)[nH]c1=O. The minimum absolute atomic E-state index is 0.0415. The molecule has 0 bridgehead atoms. The quantitative estimate of drug-likeness (QED) is 0.173. The summed E-state index contributed by atoms with van der Waals surface area (Å²) >= 11 is 0. The predicted octanol–water partition coefficient (Wildman–Crippen LogP) is -1.10. The van der Waals surface area contributed by atoms with Gasteiger partial charge in [0.05, 0.1) is 19.1 Å². The molecule has 0 aliphatic carbocycles. The zero-order valence-electron chi connectivity index (χ0n) is 16.2. The van der Waals surface area contributed by atoms with Crippen LogP contribution in [0.25, 0.3) is 0 Å². The number of nitrogens with zero attached hydrogens (tertiary/aromatic N) is 1. The Kier molecular flexibility index (Phi) is 8.79. The Morgan fingerprint density at radius 3 is 2.45 bits per heavy atom. The first-order chi connectivity index (χ1) is 15.1. The van der Waals surface area contributed by atoms with E-state index in [0.717, 1.165) is 10.8 Å². The van der Waals surface area contributed by atoms with Crippen molar-refractivity contribution in [2.75, 3.05) is 6.61 Å². The number of terminal acetylenes is 1. The van der Waals surface area contributed by atoms with Gasteiger partial charge in [0.25, 0.3) is 5.56 Å². The number of aliphatic hydroxyl groups excluding tert-OH is 1. The highest BCUT2D eigenvalue weighted by Gasteiger charge is 2.43. The Morgan fingerprint density at radius 2 is 1.85 bits per heavy atom. The van der Waals surface area contributed by atoms with Crippen LogP contribution >= 0.6 is 23.5 Å². The molecule has 0 saturated carbocycles. The maximum Gasteiger partial charge on any atom is 0.490 e. The van der Waals surface area contributed by atoms with E-state index in [4.69, 9.17) is 25.8 Å². The molecule has 0 amide bonds. The van der Waals surface area contributed by atoms with Crippen LogP contribution in [0.2, 0.25) is 0 Å². The monoisotopic (exact) mass is 530 g/mol. The molecule has 2 rings (SSSR count). The molecular formula is C14H17N2O14P3. The van der Waals surface area contributed by atoms with Crippen molar-refractivity contribution in [3.8, 4) is 24.2 Å². The van der Waals surface area contributed by atoms with Crippen LogP contribution < -0.4 is 11.2 Å². The van der Waals surface area contributed by atoms with E-state index in [1.54, 1.807) is 0 Å². The van der Waals surface area contributed by atoms with Crippen LogP contribution in [0.3, 0.4) is 0 Å². The van der Waals surface area contributed by atoms with Gasteiger partial charge in [-0.2, -0.15) is 8.62 Å². The number of H-pyrrole nitrogens is 1. The molecule has 0 radical (unpaired) electrons. The van der Waals surface area contributed by atoms with E-state index < -0.39 is 59.8 Å². The molecule has 1 aliphatic rings. The Labute approximate surface area is 184 Å². The predicted molar refractivity (Wildman–Crippen MR) is 106 cm³/mol. The van der Waals surface area contributed by atoms with Gasteiger partial charge in [0, 0.05) is 12.6 Å². The van der Waals surface area contributed by atoms with Crippen molar-refractivity contribution in [1.29, 1.82) is 0 Å². The second-order valence-electron chi connectivity index (χ2n) is 6.21. The molecule has 0 aromatic carbocycles. The summed E-state index contributed by atoms with van der Waals surface area (Å²) in [6.45, 7) is -0.922. The zero-order valence-corrected chi connectivity index (χ0v) is 18.9. The van der Waals surface area contributed by atoms with E-state index in [0.29, 0.717) is 0 Å². The van der Waals surface area contributed by atoms with Crippen molar-refractivity contribution in [1.82, 2.24) is 9.55 Å². The Morgan fingerprint density at radius 1 is 1.18 bits per heavy atom. The second-order valence-corrected chi connectivity index (χ2v) is 10.6. The number of phosphoric ester groups is 1. The molecule has 6 N–H and O–H groups in total. The van der Waals surface area contributed by atoms with Crippen molar-refractivity contribution in [2.24, 2.45) is 0 Å². The van der Waals surface area contributed by atoms with Crippen LogP contribution in [0.1, 0.15) is 24.6 Å². The number of rotatable bonds is 8. The summed E-state index contributed by atoms with van der Waals surface area (Å²) in [5, 5.41) is 10.1. The summed E-state index contributed by atoms with van der Waals surface area (Å²) in [5.41, 5.74) is -1.82. The summed E-state index contributed by atoms with van der Waals surface area (Å²) < 4.78 is 51.5. The molecule has 1 aliphatic heterocycles. The molecule has 3 unspecified atom stereocenters. The fourth-order valence-corrected chi connectivity index (χ4v) is 5.52. The summed E-state index contributed by atoms with van der Waals surface area (Å²) in [7, 11) is -16.7. The van der Waals surface area contributed by atoms with Gasteiger partial charge >= 0.3 is 29.2 Å². The lowest BCUT2D eigenvalue weighted by molar-refractivity contribution is -0.0450. The standard InChI is InChI=1S/C14H17N2O14P3/c1-2-3-4-5-9-7-16(14(19)15-13(9)18)12-6-10(17)11(28-12)8-27-32(23,24)30-33(25,26)29-31(20,21)22/h1,7,10-12,17H,3,6,8H2,(H,23,24)(H,25,26)(H,15,18,19)(H2,20,21,22)/t10?,11-,12-/m1/s1. The van der Waals surface area contributed by atoms with Gasteiger partial charge < -0.3 is 29.4 Å². The summed E-state index contributed by atoms with van der Waals surface area (Å²) in [6, 6.07) is 0. The first kappa shape index (κ1) is 27.4. The third kappa shape index (κ3) is 8.45. The average molecular weight is 530 g/mol. The molecular weight excluding hydrogens is 513 g/mol. The number of hydrogen-bond acceptors (Lipinski definition) is 10. The molecule has 19 heteroatoms. The number of nitrogens with one attached hydrogen (secondary N) is 1. The van der Waals surface area contributed by atoms with E-state index in [9.17, 15) is 33.3 Å². The van der Waals surface area contributed by atoms with Crippen LogP contribution in [0.15, 0.2) is 15.8 Å². The number of ether oxygens (including phenoxy) is 1. The van der Waals surface area contributed by atoms with Crippen LogP contribution in [-0.2, 0) is 31.6 Å². The first-order valence-corrected chi connectivity index (χ1v) is 13.0. The van der Waals surface area contributed by atoms with Gasteiger partial charge in [0.2, 0.25) is 0 Å². The lowest BCUT2D eigenvalue weighted by atomic mass is 10.2. The van der Waals surface area contributed by atoms with Gasteiger partial charge in [-0.1, -0.05) is 17.8 Å². The van der Waals surface area contributed by atoms with E-state index in [-0.39, 0.29) is 18.4 Å². The van der Waals surface area contributed by atoms with Gasteiger partial charge in [0.1, 0.15) is 17.9 Å². The fraction of sp³-hybridized carbons (Fsp3) is 0.429. The van der Waals surface area contributed by atoms with Gasteiger partial charge in [-0.3, -0.25) is 18.9 Å². The Bertz CT molecular complexity index is 1250. The molecule has 1 aromatic heterocycles. The molecule has 2 heterocycles. The number of hydrogen-bond donors (Lipinski definition) is 6. The molecule has 1 fully saturated rings. The maximum absolute atomic E-state index is 12.1. The first-order valence-electron chi connectivity index (χ1n) is 8.52. The lowest BCUT2D eigenvalue weighted by Crippen LogP contribution is -2.33. The van der Waals surface area contributed by atoms with E-state index in [1.807, 2.05) is 4.98 Å². The summed E-state index contributed by atoms with van der Waals surface area (Å²) in [6.07, 6.45) is 2.01. The Hall–Kier alpha value is -1.87. The molecule has 16 nitrogen and oxygen atoms in total. The smallest absolute Gasteiger partial charge is 0.390 e. The number of aromatic amines is 1.